The van der Waals surface area contributed by atoms with Crippen LogP contribution in [0, 0.1) is 0 Å². The predicted octanol–water partition coefficient (Wildman–Crippen LogP) is -6.78. The fourth-order valence-corrected chi connectivity index (χ4v) is 4.81. The van der Waals surface area contributed by atoms with Gasteiger partial charge in [0.25, 0.3) is 0 Å². The third kappa shape index (κ3) is 14.9. The maximum Gasteiger partial charge on any atom is 0.248 e. The van der Waals surface area contributed by atoms with E-state index in [0.717, 1.165) is 0 Å². The molecular formula is C40H44I4N8. The van der Waals surface area contributed by atoms with Gasteiger partial charge in [-0.25, -0.2) is 36.5 Å². The fourth-order valence-electron chi connectivity index (χ4n) is 4.81. The first-order chi connectivity index (χ1) is 23.4. The molecule has 0 fully saturated rings. The van der Waals surface area contributed by atoms with Gasteiger partial charge in [-0.3, -0.25) is 0 Å². The molecule has 272 valence electrons. The Morgan fingerprint density at radius 2 is 0.462 bits per heavy atom. The minimum atomic E-state index is 0. The molecule has 0 spiro atoms. The number of halogens is 4. The van der Waals surface area contributed by atoms with Crippen molar-refractivity contribution in [2.75, 3.05) is 0 Å². The molecule has 0 saturated carbocycles. The van der Waals surface area contributed by atoms with Crippen LogP contribution in [0.4, 0.5) is 0 Å². The van der Waals surface area contributed by atoms with E-state index in [4.69, 9.17) is 0 Å². The summed E-state index contributed by atoms with van der Waals surface area (Å²) in [4.78, 5) is 0. The molecule has 0 atom stereocenters. The van der Waals surface area contributed by atoms with Gasteiger partial charge in [0.2, 0.25) is 25.3 Å². The van der Waals surface area contributed by atoms with Crippen LogP contribution in [0.5, 0.6) is 0 Å². The summed E-state index contributed by atoms with van der Waals surface area (Å²) in [6, 6.07) is 41.0. The van der Waals surface area contributed by atoms with Gasteiger partial charge >= 0.3 is 0 Å². The Hall–Kier alpha value is -3.36. The van der Waals surface area contributed by atoms with E-state index >= 15 is 0 Å². The van der Waals surface area contributed by atoms with Gasteiger partial charge in [-0.2, -0.15) is 0 Å². The van der Waals surface area contributed by atoms with Gasteiger partial charge in [0, 0.05) is 0 Å². The van der Waals surface area contributed by atoms with Crippen molar-refractivity contribution in [2.24, 2.45) is 28.2 Å². The molecule has 4 aromatic heterocycles. The number of aromatic nitrogens is 8. The lowest BCUT2D eigenvalue weighted by atomic mass is 10.3. The van der Waals surface area contributed by atoms with Crippen molar-refractivity contribution >= 4 is 0 Å². The molecule has 12 heteroatoms. The van der Waals surface area contributed by atoms with E-state index < -0.39 is 0 Å². The largest absolute Gasteiger partial charge is 1.00 e. The predicted molar refractivity (Wildman–Crippen MR) is 188 cm³/mol. The van der Waals surface area contributed by atoms with Crippen LogP contribution in [0.2, 0.25) is 0 Å². The molecule has 0 aliphatic carbocycles. The molecule has 0 N–H and O–H groups in total. The quantitative estimate of drug-likeness (QED) is 0.124. The first-order valence-electron chi connectivity index (χ1n) is 15.8. The monoisotopic (exact) mass is 1140 g/mol. The lowest BCUT2D eigenvalue weighted by Crippen LogP contribution is -3.00. The van der Waals surface area contributed by atoms with Gasteiger partial charge in [-0.1, -0.05) is 72.8 Å². The highest BCUT2D eigenvalue weighted by Gasteiger charge is 2.03. The average Bonchev–Trinajstić information content (AvgIpc) is 3.97. The van der Waals surface area contributed by atoms with E-state index in [1.807, 2.05) is 194 Å². The van der Waals surface area contributed by atoms with Crippen LogP contribution in [-0.2, 0) is 28.2 Å². The topological polar surface area (TPSA) is 35.2 Å². The molecule has 4 heterocycles. The van der Waals surface area contributed by atoms with Gasteiger partial charge < -0.3 is 95.9 Å². The number of hydrogen-bond acceptors (Lipinski definition) is 0. The van der Waals surface area contributed by atoms with Crippen molar-refractivity contribution in [2.45, 2.75) is 0 Å². The number of imidazole rings is 4. The molecule has 0 unspecified atom stereocenters. The van der Waals surface area contributed by atoms with Crippen molar-refractivity contribution < 1.29 is 114 Å². The molecule has 0 amide bonds. The highest BCUT2D eigenvalue weighted by Crippen LogP contribution is 2.06. The van der Waals surface area contributed by atoms with E-state index in [1.165, 1.54) is 22.7 Å². The Bertz CT molecular complexity index is 1770. The van der Waals surface area contributed by atoms with Crippen LogP contribution >= 0.6 is 0 Å². The van der Waals surface area contributed by atoms with Gasteiger partial charge in [0.05, 0.1) is 28.2 Å². The summed E-state index contributed by atoms with van der Waals surface area (Å²) in [5.41, 5.74) is 4.77. The van der Waals surface area contributed by atoms with Gasteiger partial charge in [0.1, 0.15) is 72.3 Å². The normalized spacial score (nSPS) is 9.31. The van der Waals surface area contributed by atoms with Crippen molar-refractivity contribution in [1.29, 1.82) is 0 Å². The van der Waals surface area contributed by atoms with Crippen molar-refractivity contribution in [3.8, 4) is 22.7 Å². The van der Waals surface area contributed by atoms with Crippen LogP contribution in [0.25, 0.3) is 22.7 Å². The summed E-state index contributed by atoms with van der Waals surface area (Å²) in [6.45, 7) is 0. The summed E-state index contributed by atoms with van der Waals surface area (Å²) < 4.78 is 16.4. The van der Waals surface area contributed by atoms with Crippen LogP contribution in [0.1, 0.15) is 0 Å². The maximum absolute atomic E-state index is 2.08. The zero-order valence-corrected chi connectivity index (χ0v) is 38.2. The number of aryl methyl sites for hydroxylation is 4. The Kier molecular flexibility index (Phi) is 22.3. The molecule has 0 bridgehead atoms. The van der Waals surface area contributed by atoms with E-state index in [0.29, 0.717) is 0 Å². The molecule has 0 saturated heterocycles. The van der Waals surface area contributed by atoms with Crippen molar-refractivity contribution in [3.63, 3.8) is 0 Å². The summed E-state index contributed by atoms with van der Waals surface area (Å²) in [7, 11) is 8.05. The van der Waals surface area contributed by atoms with E-state index in [9.17, 15) is 0 Å². The number of rotatable bonds is 4. The average molecular weight is 1140 g/mol. The van der Waals surface area contributed by atoms with Crippen molar-refractivity contribution in [3.05, 3.63) is 196 Å². The molecule has 0 radical (unpaired) electrons. The minimum Gasteiger partial charge on any atom is -1.00 e. The number of benzene rings is 4. The Morgan fingerprint density at radius 3 is 0.596 bits per heavy atom. The second-order valence-corrected chi connectivity index (χ2v) is 11.3. The van der Waals surface area contributed by atoms with Crippen LogP contribution in [0.3, 0.4) is 0 Å². The minimum absolute atomic E-state index is 0. The second-order valence-electron chi connectivity index (χ2n) is 11.3. The number of para-hydroxylation sites is 4. The zero-order chi connectivity index (χ0) is 33.6. The summed E-state index contributed by atoms with van der Waals surface area (Å²) in [5.74, 6) is 0. The van der Waals surface area contributed by atoms with Gasteiger partial charge in [-0.05, 0) is 48.5 Å². The third-order valence-electron chi connectivity index (χ3n) is 7.29. The highest BCUT2D eigenvalue weighted by atomic mass is 127. The van der Waals surface area contributed by atoms with Gasteiger partial charge in [-0.15, -0.1) is 0 Å². The maximum atomic E-state index is 2.08. The smallest absolute Gasteiger partial charge is 0.248 e. The Labute approximate surface area is 375 Å². The molecule has 8 nitrogen and oxygen atoms in total. The SMILES string of the molecule is C[n+]1ccn(-c2ccccc2)c1.C[n+]1ccn(-c2ccccc2)c1.C[n+]1ccn(-c2ccccc2)c1.C[n+]1ccn(-c2ccccc2)c1.[I-].[I-].[I-].[I-]. The fraction of sp³-hybridized carbons (Fsp3) is 0.100. The van der Waals surface area contributed by atoms with Crippen molar-refractivity contribution in [1.82, 2.24) is 18.3 Å². The van der Waals surface area contributed by atoms with E-state index in [-0.39, 0.29) is 95.9 Å². The summed E-state index contributed by atoms with van der Waals surface area (Å²) >= 11 is 0. The van der Waals surface area contributed by atoms with E-state index in [1.54, 1.807) is 0 Å². The lowest BCUT2D eigenvalue weighted by Gasteiger charge is -1.91. The standard InChI is InChI=1S/4C10H11N2.4HI/c4*1-11-7-8-12(9-11)10-5-3-2-4-6-10;;;;/h4*2-9H,1H3;4*1H/q4*+1;;;;/p-4. The molecule has 4 aromatic carbocycles. The Morgan fingerprint density at radius 1 is 0.288 bits per heavy atom. The van der Waals surface area contributed by atoms with Crippen LogP contribution < -0.4 is 114 Å². The molecule has 0 aliphatic heterocycles. The Balaban J connectivity index is 0.000000338. The molecule has 8 aromatic rings. The number of hydrogen-bond donors (Lipinski definition) is 0. The van der Waals surface area contributed by atoms with E-state index in [2.05, 4.69) is 66.8 Å². The third-order valence-corrected chi connectivity index (χ3v) is 7.29. The first kappa shape index (κ1) is 46.7. The highest BCUT2D eigenvalue weighted by molar-refractivity contribution is 5.32. The molecule has 0 aliphatic rings. The summed E-state index contributed by atoms with van der Waals surface area (Å²) in [6.07, 6.45) is 24.4. The zero-order valence-electron chi connectivity index (χ0n) is 29.6. The van der Waals surface area contributed by atoms with Gasteiger partial charge in [0.15, 0.2) is 0 Å². The number of nitrogens with zero attached hydrogens (tertiary/aromatic N) is 8. The molecule has 8 rings (SSSR count). The lowest BCUT2D eigenvalue weighted by molar-refractivity contribution is -0.670. The second kappa shape index (κ2) is 24.8. The molecule has 52 heavy (non-hydrogen) atoms. The molecular weight excluding hydrogens is 1100 g/mol. The summed E-state index contributed by atoms with van der Waals surface area (Å²) in [5, 5.41) is 0. The first-order valence-corrected chi connectivity index (χ1v) is 15.8. The van der Waals surface area contributed by atoms with Crippen LogP contribution in [0.15, 0.2) is 196 Å². The van der Waals surface area contributed by atoms with Crippen LogP contribution in [-0.4, -0.2) is 18.3 Å².